The van der Waals surface area contributed by atoms with Gasteiger partial charge in [-0.3, -0.25) is 14.9 Å². The number of benzene rings is 2. The van der Waals surface area contributed by atoms with Crippen molar-refractivity contribution in [3.05, 3.63) is 72.1 Å². The SMILES string of the molecule is C[C@@H]1C[C@@H]1C(=O)Nc1cccc(C(=O)Nc2ncn(Cc3ccccc3)n2)c1. The average Bonchev–Trinajstić information content (AvgIpc) is 3.28. The highest BCUT2D eigenvalue weighted by Crippen LogP contribution is 2.38. The van der Waals surface area contributed by atoms with Crippen LogP contribution >= 0.6 is 0 Å². The average molecular weight is 375 g/mol. The van der Waals surface area contributed by atoms with E-state index in [0.717, 1.165) is 12.0 Å². The van der Waals surface area contributed by atoms with Crippen LogP contribution in [0.1, 0.15) is 29.3 Å². The molecule has 142 valence electrons. The van der Waals surface area contributed by atoms with Crippen LogP contribution in [0, 0.1) is 11.8 Å². The number of carbonyl (C=O) groups excluding carboxylic acids is 2. The van der Waals surface area contributed by atoms with Gasteiger partial charge in [0.25, 0.3) is 5.91 Å². The van der Waals surface area contributed by atoms with Gasteiger partial charge < -0.3 is 5.32 Å². The van der Waals surface area contributed by atoms with Gasteiger partial charge in [0.05, 0.1) is 6.54 Å². The third-order valence-electron chi connectivity index (χ3n) is 4.79. The van der Waals surface area contributed by atoms with Crippen molar-refractivity contribution >= 4 is 23.5 Å². The molecule has 0 radical (unpaired) electrons. The molecule has 1 aliphatic carbocycles. The van der Waals surface area contributed by atoms with Gasteiger partial charge in [-0.2, -0.15) is 0 Å². The first kappa shape index (κ1) is 17.9. The fraction of sp³-hybridized carbons (Fsp3) is 0.238. The summed E-state index contributed by atoms with van der Waals surface area (Å²) in [5.41, 5.74) is 2.14. The summed E-state index contributed by atoms with van der Waals surface area (Å²) >= 11 is 0. The summed E-state index contributed by atoms with van der Waals surface area (Å²) in [5, 5.41) is 9.85. The van der Waals surface area contributed by atoms with Gasteiger partial charge in [0.15, 0.2) is 0 Å². The Labute approximate surface area is 162 Å². The number of aromatic nitrogens is 3. The summed E-state index contributed by atoms with van der Waals surface area (Å²) in [7, 11) is 0. The third kappa shape index (κ3) is 4.25. The maximum atomic E-state index is 12.5. The zero-order valence-corrected chi connectivity index (χ0v) is 15.5. The molecule has 2 N–H and O–H groups in total. The van der Waals surface area contributed by atoms with E-state index in [2.05, 4.69) is 27.6 Å². The van der Waals surface area contributed by atoms with Gasteiger partial charge in [-0.1, -0.05) is 43.3 Å². The van der Waals surface area contributed by atoms with E-state index in [9.17, 15) is 9.59 Å². The van der Waals surface area contributed by atoms with Gasteiger partial charge >= 0.3 is 0 Å². The summed E-state index contributed by atoms with van der Waals surface area (Å²) in [5.74, 6) is 0.431. The lowest BCUT2D eigenvalue weighted by atomic mass is 10.2. The van der Waals surface area contributed by atoms with Crippen LogP contribution in [0.3, 0.4) is 0 Å². The number of nitrogens with zero attached hydrogens (tertiary/aromatic N) is 3. The molecule has 2 amide bonds. The van der Waals surface area contributed by atoms with E-state index in [1.807, 2.05) is 30.3 Å². The van der Waals surface area contributed by atoms with E-state index in [1.165, 1.54) is 0 Å². The Morgan fingerprint density at radius 2 is 1.89 bits per heavy atom. The summed E-state index contributed by atoms with van der Waals surface area (Å²) in [6.07, 6.45) is 2.50. The van der Waals surface area contributed by atoms with Crippen LogP contribution in [-0.4, -0.2) is 26.6 Å². The Morgan fingerprint density at radius 1 is 1.11 bits per heavy atom. The molecule has 1 saturated carbocycles. The second-order valence-electron chi connectivity index (χ2n) is 7.10. The molecule has 0 saturated heterocycles. The van der Waals surface area contributed by atoms with Crippen LogP contribution < -0.4 is 10.6 Å². The predicted molar refractivity (Wildman–Crippen MR) is 106 cm³/mol. The van der Waals surface area contributed by atoms with Crippen molar-refractivity contribution in [2.75, 3.05) is 10.6 Å². The van der Waals surface area contributed by atoms with Crippen molar-refractivity contribution < 1.29 is 9.59 Å². The molecule has 1 fully saturated rings. The minimum Gasteiger partial charge on any atom is -0.326 e. The topological polar surface area (TPSA) is 88.9 Å². The first-order valence-corrected chi connectivity index (χ1v) is 9.24. The van der Waals surface area contributed by atoms with Gasteiger partial charge in [-0.25, -0.2) is 9.67 Å². The molecule has 2 atom stereocenters. The molecule has 4 rings (SSSR count). The molecule has 2 aromatic carbocycles. The number of carbonyl (C=O) groups is 2. The number of anilines is 2. The molecular formula is C21H21N5O2. The molecule has 0 unspecified atom stereocenters. The van der Waals surface area contributed by atoms with Gasteiger partial charge in [-0.15, -0.1) is 5.10 Å². The van der Waals surface area contributed by atoms with Crippen molar-refractivity contribution in [1.82, 2.24) is 14.8 Å². The maximum absolute atomic E-state index is 12.5. The Morgan fingerprint density at radius 3 is 2.64 bits per heavy atom. The first-order chi connectivity index (χ1) is 13.6. The summed E-state index contributed by atoms with van der Waals surface area (Å²) < 4.78 is 1.67. The molecule has 1 aromatic heterocycles. The van der Waals surface area contributed by atoms with Crippen LogP contribution in [0.5, 0.6) is 0 Å². The molecule has 0 bridgehead atoms. The van der Waals surface area contributed by atoms with Crippen molar-refractivity contribution in [2.24, 2.45) is 11.8 Å². The van der Waals surface area contributed by atoms with E-state index in [4.69, 9.17) is 0 Å². The minimum absolute atomic E-state index is 0.00591. The molecule has 0 aliphatic heterocycles. The molecule has 7 nitrogen and oxygen atoms in total. The number of rotatable bonds is 6. The first-order valence-electron chi connectivity index (χ1n) is 9.24. The quantitative estimate of drug-likeness (QED) is 0.693. The molecule has 1 heterocycles. The maximum Gasteiger partial charge on any atom is 0.258 e. The van der Waals surface area contributed by atoms with E-state index < -0.39 is 0 Å². The zero-order chi connectivity index (χ0) is 19.5. The monoisotopic (exact) mass is 375 g/mol. The lowest BCUT2D eigenvalue weighted by Crippen LogP contribution is -2.16. The van der Waals surface area contributed by atoms with Crippen molar-refractivity contribution in [3.63, 3.8) is 0 Å². The van der Waals surface area contributed by atoms with Crippen LogP contribution in [0.15, 0.2) is 60.9 Å². The van der Waals surface area contributed by atoms with Gasteiger partial charge in [-0.05, 0) is 36.1 Å². The van der Waals surface area contributed by atoms with E-state index in [0.29, 0.717) is 23.7 Å². The summed E-state index contributed by atoms with van der Waals surface area (Å²) in [4.78, 5) is 28.7. The van der Waals surface area contributed by atoms with Crippen molar-refractivity contribution in [2.45, 2.75) is 19.9 Å². The molecular weight excluding hydrogens is 354 g/mol. The van der Waals surface area contributed by atoms with Crippen LogP contribution in [-0.2, 0) is 11.3 Å². The highest BCUT2D eigenvalue weighted by atomic mass is 16.2. The van der Waals surface area contributed by atoms with Gasteiger partial charge in [0.1, 0.15) is 6.33 Å². The fourth-order valence-electron chi connectivity index (χ4n) is 3.03. The van der Waals surface area contributed by atoms with Gasteiger partial charge in [0.2, 0.25) is 11.9 Å². The zero-order valence-electron chi connectivity index (χ0n) is 15.5. The Hall–Kier alpha value is -3.48. The number of amides is 2. The van der Waals surface area contributed by atoms with Crippen LogP contribution in [0.25, 0.3) is 0 Å². The smallest absolute Gasteiger partial charge is 0.258 e. The molecule has 7 heteroatoms. The van der Waals surface area contributed by atoms with Crippen molar-refractivity contribution in [3.8, 4) is 0 Å². The lowest BCUT2D eigenvalue weighted by Gasteiger charge is -2.07. The molecule has 1 aliphatic rings. The third-order valence-corrected chi connectivity index (χ3v) is 4.79. The number of hydrogen-bond acceptors (Lipinski definition) is 4. The normalized spacial score (nSPS) is 17.8. The Bertz CT molecular complexity index is 999. The highest BCUT2D eigenvalue weighted by molar-refractivity contribution is 6.04. The molecule has 0 spiro atoms. The minimum atomic E-state index is -0.326. The van der Waals surface area contributed by atoms with Crippen LogP contribution in [0.2, 0.25) is 0 Å². The Balaban J connectivity index is 1.38. The second kappa shape index (κ2) is 7.64. The number of hydrogen-bond donors (Lipinski definition) is 2. The highest BCUT2D eigenvalue weighted by Gasteiger charge is 2.39. The van der Waals surface area contributed by atoms with E-state index in [-0.39, 0.29) is 23.7 Å². The van der Waals surface area contributed by atoms with E-state index in [1.54, 1.807) is 35.3 Å². The van der Waals surface area contributed by atoms with Gasteiger partial charge in [0, 0.05) is 17.2 Å². The standard InChI is InChI=1S/C21H21N5O2/c1-14-10-18(14)20(28)23-17-9-5-8-16(11-17)19(27)24-21-22-13-26(25-21)12-15-6-3-2-4-7-15/h2-9,11,13-14,18H,10,12H2,1H3,(H,23,28)(H,24,25,27)/t14-,18+/m1/s1. The Kier molecular flexibility index (Phi) is 4.89. The number of nitrogens with one attached hydrogen (secondary N) is 2. The molecule has 3 aromatic rings. The second-order valence-corrected chi connectivity index (χ2v) is 7.10. The van der Waals surface area contributed by atoms with E-state index >= 15 is 0 Å². The lowest BCUT2D eigenvalue weighted by molar-refractivity contribution is -0.117. The van der Waals surface area contributed by atoms with Crippen molar-refractivity contribution in [1.29, 1.82) is 0 Å². The van der Waals surface area contributed by atoms with Crippen LogP contribution in [0.4, 0.5) is 11.6 Å². The largest absolute Gasteiger partial charge is 0.326 e. The fourth-order valence-corrected chi connectivity index (χ4v) is 3.03. The summed E-state index contributed by atoms with van der Waals surface area (Å²) in [6.45, 7) is 2.63. The summed E-state index contributed by atoms with van der Waals surface area (Å²) in [6, 6.07) is 16.7. The molecule has 28 heavy (non-hydrogen) atoms. The predicted octanol–water partition coefficient (Wildman–Crippen LogP) is 3.17.